The molecule has 23 heavy (non-hydrogen) atoms. The minimum absolute atomic E-state index is 0.118. The van der Waals surface area contributed by atoms with E-state index < -0.39 is 6.10 Å². The van der Waals surface area contributed by atoms with E-state index in [-0.39, 0.29) is 36.2 Å². The van der Waals surface area contributed by atoms with Crippen LogP contribution in [0.3, 0.4) is 0 Å². The number of amides is 1. The fourth-order valence-corrected chi connectivity index (χ4v) is 2.10. The molecule has 6 nitrogen and oxygen atoms in total. The van der Waals surface area contributed by atoms with E-state index in [2.05, 4.69) is 5.32 Å². The summed E-state index contributed by atoms with van der Waals surface area (Å²) in [6.45, 7) is 4.36. The molecule has 124 valence electrons. The normalized spacial score (nSPS) is 13.5. The van der Waals surface area contributed by atoms with Crippen molar-refractivity contribution in [1.29, 1.82) is 0 Å². The monoisotopic (exact) mass is 318 g/mol. The number of aliphatic hydroxyl groups excluding tert-OH is 1. The molecule has 2 rings (SSSR count). The molecule has 0 spiro atoms. The van der Waals surface area contributed by atoms with Gasteiger partial charge >= 0.3 is 0 Å². The SMILES string of the molecule is CCC(C)C(O)CNC(=O)c1ccc(Cn2ccccc2=O)o1. The lowest BCUT2D eigenvalue weighted by molar-refractivity contribution is 0.0825. The molecule has 2 N–H and O–H groups in total. The number of pyridine rings is 1. The van der Waals surface area contributed by atoms with Crippen molar-refractivity contribution >= 4 is 5.91 Å². The largest absolute Gasteiger partial charge is 0.454 e. The third-order valence-electron chi connectivity index (χ3n) is 3.88. The van der Waals surface area contributed by atoms with E-state index in [0.717, 1.165) is 6.42 Å². The minimum Gasteiger partial charge on any atom is -0.454 e. The second-order valence-electron chi connectivity index (χ2n) is 5.60. The number of carbonyl (C=O) groups excluding carboxylic acids is 1. The lowest BCUT2D eigenvalue weighted by Crippen LogP contribution is -2.35. The molecule has 0 aliphatic heterocycles. The topological polar surface area (TPSA) is 84.5 Å². The number of aliphatic hydroxyl groups is 1. The van der Waals surface area contributed by atoms with Crippen LogP contribution in [0.2, 0.25) is 0 Å². The number of carbonyl (C=O) groups is 1. The van der Waals surface area contributed by atoms with Gasteiger partial charge in [-0.3, -0.25) is 9.59 Å². The van der Waals surface area contributed by atoms with E-state index in [4.69, 9.17) is 4.42 Å². The number of hydrogen-bond donors (Lipinski definition) is 2. The fraction of sp³-hybridized carbons (Fsp3) is 0.412. The molecule has 0 radical (unpaired) electrons. The number of nitrogens with zero attached hydrogens (tertiary/aromatic N) is 1. The quantitative estimate of drug-likeness (QED) is 0.812. The lowest BCUT2D eigenvalue weighted by atomic mass is 10.0. The maximum absolute atomic E-state index is 12.0. The Bertz CT molecular complexity index is 704. The number of furan rings is 1. The Morgan fingerprint density at radius 2 is 2.13 bits per heavy atom. The average molecular weight is 318 g/mol. The molecular formula is C17H22N2O4. The second-order valence-corrected chi connectivity index (χ2v) is 5.60. The zero-order valence-corrected chi connectivity index (χ0v) is 13.4. The summed E-state index contributed by atoms with van der Waals surface area (Å²) in [6, 6.07) is 8.12. The molecule has 2 aromatic heterocycles. The molecule has 0 aliphatic carbocycles. The van der Waals surface area contributed by atoms with Crippen LogP contribution >= 0.6 is 0 Å². The highest BCUT2D eigenvalue weighted by atomic mass is 16.4. The van der Waals surface area contributed by atoms with Crippen LogP contribution in [0.15, 0.2) is 45.7 Å². The molecule has 0 saturated heterocycles. The van der Waals surface area contributed by atoms with Gasteiger partial charge in [0, 0.05) is 18.8 Å². The van der Waals surface area contributed by atoms with Crippen molar-refractivity contribution in [2.75, 3.05) is 6.54 Å². The molecule has 2 atom stereocenters. The van der Waals surface area contributed by atoms with Gasteiger partial charge in [-0.2, -0.15) is 0 Å². The third-order valence-corrected chi connectivity index (χ3v) is 3.88. The Kier molecular flexibility index (Phi) is 5.76. The van der Waals surface area contributed by atoms with Crippen LogP contribution in [0, 0.1) is 5.92 Å². The average Bonchev–Trinajstić information content (AvgIpc) is 3.02. The highest BCUT2D eigenvalue weighted by molar-refractivity contribution is 5.91. The van der Waals surface area contributed by atoms with E-state index in [1.54, 1.807) is 30.5 Å². The zero-order chi connectivity index (χ0) is 16.8. The first-order valence-electron chi connectivity index (χ1n) is 7.71. The predicted molar refractivity (Wildman–Crippen MR) is 86.3 cm³/mol. The molecule has 6 heteroatoms. The first-order chi connectivity index (χ1) is 11.0. The van der Waals surface area contributed by atoms with Gasteiger partial charge < -0.3 is 19.4 Å². The van der Waals surface area contributed by atoms with E-state index in [1.165, 1.54) is 10.6 Å². The van der Waals surface area contributed by atoms with Crippen molar-refractivity contribution in [3.8, 4) is 0 Å². The van der Waals surface area contributed by atoms with Gasteiger partial charge in [-0.05, 0) is 24.1 Å². The smallest absolute Gasteiger partial charge is 0.287 e. The molecule has 0 bridgehead atoms. The third kappa shape index (κ3) is 4.56. The van der Waals surface area contributed by atoms with E-state index in [1.807, 2.05) is 13.8 Å². The van der Waals surface area contributed by atoms with Gasteiger partial charge in [-0.25, -0.2) is 0 Å². The Morgan fingerprint density at radius 1 is 1.35 bits per heavy atom. The molecule has 2 aromatic rings. The molecule has 0 saturated carbocycles. The maximum atomic E-state index is 12.0. The molecule has 0 fully saturated rings. The van der Waals surface area contributed by atoms with Crippen molar-refractivity contribution in [1.82, 2.24) is 9.88 Å². The summed E-state index contributed by atoms with van der Waals surface area (Å²) >= 11 is 0. The highest BCUT2D eigenvalue weighted by Crippen LogP contribution is 2.10. The summed E-state index contributed by atoms with van der Waals surface area (Å²) in [5.74, 6) is 0.428. The molecular weight excluding hydrogens is 296 g/mol. The van der Waals surface area contributed by atoms with Gasteiger partial charge in [0.25, 0.3) is 11.5 Å². The Morgan fingerprint density at radius 3 is 2.83 bits per heavy atom. The van der Waals surface area contributed by atoms with Gasteiger partial charge in [0.05, 0.1) is 12.6 Å². The molecule has 0 aliphatic rings. The summed E-state index contributed by atoms with van der Waals surface area (Å²) in [7, 11) is 0. The fourth-order valence-electron chi connectivity index (χ4n) is 2.10. The molecule has 0 aromatic carbocycles. The van der Waals surface area contributed by atoms with Gasteiger partial charge in [0.1, 0.15) is 5.76 Å². The van der Waals surface area contributed by atoms with Gasteiger partial charge in [-0.1, -0.05) is 26.3 Å². The van der Waals surface area contributed by atoms with Crippen LogP contribution in [-0.2, 0) is 6.54 Å². The second kappa shape index (κ2) is 7.78. The Labute approximate surface area is 134 Å². The standard InChI is InChI=1S/C17H22N2O4/c1-3-12(2)14(20)10-18-17(22)15-8-7-13(23-15)11-19-9-5-4-6-16(19)21/h4-9,12,14,20H,3,10-11H2,1-2H3,(H,18,22). The van der Waals surface area contributed by atoms with Crippen molar-refractivity contribution in [3.05, 3.63) is 58.4 Å². The Hall–Kier alpha value is -2.34. The number of hydrogen-bond acceptors (Lipinski definition) is 4. The summed E-state index contributed by atoms with van der Waals surface area (Å²) in [5.41, 5.74) is -0.133. The van der Waals surface area contributed by atoms with Crippen LogP contribution in [0.5, 0.6) is 0 Å². The van der Waals surface area contributed by atoms with E-state index in [9.17, 15) is 14.7 Å². The summed E-state index contributed by atoms with van der Waals surface area (Å²) in [6.07, 6.45) is 1.92. The lowest BCUT2D eigenvalue weighted by Gasteiger charge is -2.17. The summed E-state index contributed by atoms with van der Waals surface area (Å²) < 4.78 is 6.96. The van der Waals surface area contributed by atoms with E-state index >= 15 is 0 Å². The molecule has 1 amide bonds. The predicted octanol–water partition coefficient (Wildman–Crippen LogP) is 1.63. The number of rotatable bonds is 7. The van der Waals surface area contributed by atoms with Crippen LogP contribution in [-0.4, -0.2) is 28.2 Å². The van der Waals surface area contributed by atoms with Crippen molar-refractivity contribution < 1.29 is 14.3 Å². The van der Waals surface area contributed by atoms with Crippen LogP contribution in [0.4, 0.5) is 0 Å². The van der Waals surface area contributed by atoms with Gasteiger partial charge in [0.2, 0.25) is 0 Å². The summed E-state index contributed by atoms with van der Waals surface area (Å²) in [4.78, 5) is 23.7. The zero-order valence-electron chi connectivity index (χ0n) is 13.4. The Balaban J connectivity index is 1.95. The van der Waals surface area contributed by atoms with Gasteiger partial charge in [0.15, 0.2) is 5.76 Å². The van der Waals surface area contributed by atoms with Crippen LogP contribution in [0.1, 0.15) is 36.6 Å². The van der Waals surface area contributed by atoms with E-state index in [0.29, 0.717) is 5.76 Å². The van der Waals surface area contributed by atoms with Crippen molar-refractivity contribution in [3.63, 3.8) is 0 Å². The first kappa shape index (κ1) is 17.0. The van der Waals surface area contributed by atoms with Crippen molar-refractivity contribution in [2.24, 2.45) is 5.92 Å². The maximum Gasteiger partial charge on any atom is 0.287 e. The molecule has 2 heterocycles. The number of nitrogens with one attached hydrogen (secondary N) is 1. The van der Waals surface area contributed by atoms with Gasteiger partial charge in [-0.15, -0.1) is 0 Å². The highest BCUT2D eigenvalue weighted by Gasteiger charge is 2.16. The van der Waals surface area contributed by atoms with Crippen LogP contribution < -0.4 is 10.9 Å². The minimum atomic E-state index is -0.582. The number of aromatic nitrogens is 1. The van der Waals surface area contributed by atoms with Crippen molar-refractivity contribution in [2.45, 2.75) is 32.9 Å². The van der Waals surface area contributed by atoms with Crippen LogP contribution in [0.25, 0.3) is 0 Å². The molecule has 2 unspecified atom stereocenters. The summed E-state index contributed by atoms with van der Waals surface area (Å²) in [5, 5.41) is 12.5. The first-order valence-corrected chi connectivity index (χ1v) is 7.71.